The van der Waals surface area contributed by atoms with Crippen LogP contribution in [0.3, 0.4) is 0 Å². The Morgan fingerprint density at radius 3 is 0.852 bits per heavy atom. The van der Waals surface area contributed by atoms with Crippen molar-refractivity contribution < 1.29 is 80.2 Å². The maximum absolute atomic E-state index is 13.1. The molecule has 0 saturated carbocycles. The molecule has 0 aliphatic carbocycles. The molecule has 0 radical (unpaired) electrons. The molecule has 0 heterocycles. The number of phosphoric acid groups is 2. The van der Waals surface area contributed by atoms with Crippen LogP contribution in [0.15, 0.2) is 170 Å². The molecule has 0 aromatic carbocycles. The van der Waals surface area contributed by atoms with E-state index in [0.29, 0.717) is 38.5 Å². The summed E-state index contributed by atoms with van der Waals surface area (Å²) in [5, 5.41) is 10.7. The van der Waals surface area contributed by atoms with E-state index in [-0.39, 0.29) is 25.7 Å². The molecule has 0 rings (SSSR count). The molecule has 2 unspecified atom stereocenters. The van der Waals surface area contributed by atoms with E-state index in [1.807, 2.05) is 30.4 Å². The van der Waals surface area contributed by atoms with Gasteiger partial charge in [-0.3, -0.25) is 37.3 Å². The zero-order valence-electron chi connectivity index (χ0n) is 67.2. The molecule has 0 aromatic rings. The van der Waals surface area contributed by atoms with Crippen molar-refractivity contribution in [2.24, 2.45) is 0 Å². The van der Waals surface area contributed by atoms with Crippen LogP contribution in [-0.2, 0) is 65.4 Å². The number of rotatable bonds is 76. The number of esters is 4. The van der Waals surface area contributed by atoms with Gasteiger partial charge >= 0.3 is 39.5 Å². The van der Waals surface area contributed by atoms with Crippen molar-refractivity contribution in [3.63, 3.8) is 0 Å². The smallest absolute Gasteiger partial charge is 0.462 e. The molecular weight excluding hydrogens is 1400 g/mol. The summed E-state index contributed by atoms with van der Waals surface area (Å²) in [6.07, 6.45) is 94.9. The monoisotopic (exact) mass is 1550 g/mol. The van der Waals surface area contributed by atoms with Crippen LogP contribution in [0.25, 0.3) is 0 Å². The third-order valence-corrected chi connectivity index (χ3v) is 18.6. The van der Waals surface area contributed by atoms with E-state index in [1.165, 1.54) is 89.9 Å². The van der Waals surface area contributed by atoms with Crippen LogP contribution in [0.4, 0.5) is 0 Å². The molecule has 108 heavy (non-hydrogen) atoms. The van der Waals surface area contributed by atoms with Crippen molar-refractivity contribution in [1.29, 1.82) is 0 Å². The maximum Gasteiger partial charge on any atom is 0.472 e. The first-order valence-corrected chi connectivity index (χ1v) is 44.4. The zero-order chi connectivity index (χ0) is 78.9. The second-order valence-electron chi connectivity index (χ2n) is 27.0. The number of aliphatic hydroxyl groups excluding tert-OH is 1. The molecule has 0 amide bonds. The Morgan fingerprint density at radius 2 is 0.509 bits per heavy atom. The highest BCUT2D eigenvalue weighted by molar-refractivity contribution is 7.47. The number of ether oxygens (including phenoxy) is 4. The number of carbonyl (C=O) groups is 4. The summed E-state index contributed by atoms with van der Waals surface area (Å²) >= 11 is 0. The van der Waals surface area contributed by atoms with Crippen molar-refractivity contribution in [2.75, 3.05) is 39.6 Å². The van der Waals surface area contributed by atoms with Gasteiger partial charge in [-0.1, -0.05) is 307 Å². The minimum atomic E-state index is -5.02. The van der Waals surface area contributed by atoms with E-state index in [4.69, 9.17) is 37.0 Å². The minimum absolute atomic E-state index is 0.00227. The average Bonchev–Trinajstić information content (AvgIpc) is 0.916. The molecule has 0 spiro atoms. The van der Waals surface area contributed by atoms with Crippen LogP contribution in [0.1, 0.15) is 310 Å². The van der Waals surface area contributed by atoms with E-state index in [2.05, 4.69) is 167 Å². The largest absolute Gasteiger partial charge is 0.472 e. The van der Waals surface area contributed by atoms with E-state index in [0.717, 1.165) is 128 Å². The van der Waals surface area contributed by atoms with Gasteiger partial charge in [0.15, 0.2) is 12.2 Å². The van der Waals surface area contributed by atoms with E-state index < -0.39 is 97.5 Å². The standard InChI is InChI=1S/C89H146O17P2/c1-5-9-13-17-21-25-29-33-36-39-41-44-46-50-53-57-61-65-69-73-86(91)99-79-84(105-88(93)75-71-67-63-59-55-49-32-28-24-20-16-12-8-4)81-103-107(95,96)101-77-83(90)78-102-108(97,98)104-82-85(106-89(94)76-72-68-64-60-56-52-48-43-38-35-31-27-23-19-15-11-7-3)80-100-87(92)74-70-66-62-58-54-51-47-45-42-40-37-34-30-26-22-18-14-10-6-2/h9,13,21-23,25-27,33-38,41-42,44-45,48,50-54,60,62,64,66,83-85,90H,5-8,10-12,14-20,24,28-32,39-40,43,46-47,49,55-59,61,63,65,67-82H2,1-4H3,(H,95,96)(H,97,98)/b13-9-,25-21-,26-22-,27-23-,36-33-,37-34-,38-35-,44-41-,45-42-,52-48-,53-50-,54-51-,64-60-,66-62-/t83-,84-,85-/m1/s1. The first kappa shape index (κ1) is 102. The van der Waals surface area contributed by atoms with Gasteiger partial charge in [-0.25, -0.2) is 9.13 Å². The fourth-order valence-electron chi connectivity index (χ4n) is 10.4. The van der Waals surface area contributed by atoms with Crippen molar-refractivity contribution in [3.8, 4) is 0 Å². The summed E-state index contributed by atoms with van der Waals surface area (Å²) in [6, 6.07) is 0. The lowest BCUT2D eigenvalue weighted by Gasteiger charge is -2.21. The average molecular weight is 1550 g/mol. The summed E-state index contributed by atoms with van der Waals surface area (Å²) in [7, 11) is -10.0. The van der Waals surface area contributed by atoms with Gasteiger partial charge in [0.2, 0.25) is 0 Å². The van der Waals surface area contributed by atoms with Gasteiger partial charge in [-0.05, 0) is 148 Å². The molecule has 0 aliphatic rings. The molecule has 0 aromatic heterocycles. The molecule has 17 nitrogen and oxygen atoms in total. The number of aliphatic hydroxyl groups is 1. The van der Waals surface area contributed by atoms with Crippen LogP contribution in [0.5, 0.6) is 0 Å². The molecule has 5 atom stereocenters. The van der Waals surface area contributed by atoms with Crippen LogP contribution in [-0.4, -0.2) is 96.7 Å². The van der Waals surface area contributed by atoms with Crippen LogP contribution >= 0.6 is 15.6 Å². The highest BCUT2D eigenvalue weighted by Gasteiger charge is 2.30. The van der Waals surface area contributed by atoms with Gasteiger partial charge in [0, 0.05) is 25.7 Å². The fraction of sp³-hybridized carbons (Fsp3) is 0.640. The highest BCUT2D eigenvalue weighted by Crippen LogP contribution is 2.45. The predicted molar refractivity (Wildman–Crippen MR) is 445 cm³/mol. The number of hydrogen-bond donors (Lipinski definition) is 3. The lowest BCUT2D eigenvalue weighted by atomic mass is 10.0. The normalized spacial score (nSPS) is 14.7. The Balaban J connectivity index is 5.51. The summed E-state index contributed by atoms with van der Waals surface area (Å²) in [5.74, 6) is -2.38. The van der Waals surface area contributed by atoms with Crippen molar-refractivity contribution >= 4 is 39.5 Å². The second kappa shape index (κ2) is 79.5. The summed E-state index contributed by atoms with van der Waals surface area (Å²) < 4.78 is 68.5. The number of phosphoric ester groups is 2. The Morgan fingerprint density at radius 1 is 0.269 bits per heavy atom. The van der Waals surface area contributed by atoms with Crippen LogP contribution < -0.4 is 0 Å². The van der Waals surface area contributed by atoms with Crippen LogP contribution in [0.2, 0.25) is 0 Å². The van der Waals surface area contributed by atoms with Gasteiger partial charge in [0.25, 0.3) is 0 Å². The number of unbranched alkanes of at least 4 members (excludes halogenated alkanes) is 22. The van der Waals surface area contributed by atoms with Crippen molar-refractivity contribution in [2.45, 2.75) is 329 Å². The van der Waals surface area contributed by atoms with Crippen molar-refractivity contribution in [1.82, 2.24) is 0 Å². The number of carbonyl (C=O) groups excluding carboxylic acids is 4. The summed E-state index contributed by atoms with van der Waals surface area (Å²) in [5.41, 5.74) is 0. The SMILES string of the molecule is CC/C=C\C/C=C\C/C=C\C/C=C\C/C=C\CCCCCC(=O)OC[C@H](COP(=O)(O)OC[C@@H](O)COP(=O)(O)OC[C@@H](COC(=O)CC/C=C\C/C=C\C/C=C\C/C=C\C/C=C\CCCCC)OC(=O)CCC/C=C\C/C=C\C/C=C\C/C=C\CCCCC)OC(=O)CCCCCCCCCCCCCCC. The second-order valence-corrected chi connectivity index (χ2v) is 29.9. The third-order valence-electron chi connectivity index (χ3n) is 16.7. The first-order valence-electron chi connectivity index (χ1n) is 41.4. The van der Waals surface area contributed by atoms with Gasteiger partial charge in [-0.15, -0.1) is 0 Å². The number of hydrogen-bond acceptors (Lipinski definition) is 15. The topological polar surface area (TPSA) is 237 Å². The van der Waals surface area contributed by atoms with E-state index in [1.54, 1.807) is 0 Å². The predicted octanol–water partition coefficient (Wildman–Crippen LogP) is 24.6. The molecule has 0 aliphatic heterocycles. The van der Waals surface area contributed by atoms with Gasteiger partial charge in [0.1, 0.15) is 19.3 Å². The van der Waals surface area contributed by atoms with E-state index >= 15 is 0 Å². The van der Waals surface area contributed by atoms with E-state index in [9.17, 15) is 43.2 Å². The third kappa shape index (κ3) is 78.5. The molecule has 614 valence electrons. The molecule has 19 heteroatoms. The Kier molecular flexibility index (Phi) is 75.4. The van der Waals surface area contributed by atoms with Crippen LogP contribution in [0, 0.1) is 0 Å². The number of allylic oxidation sites excluding steroid dienone is 28. The summed E-state index contributed by atoms with van der Waals surface area (Å²) in [6.45, 7) is 4.52. The van der Waals surface area contributed by atoms with Gasteiger partial charge in [0.05, 0.1) is 26.4 Å². The molecular formula is C89H146O17P2. The maximum atomic E-state index is 13.1. The zero-order valence-corrected chi connectivity index (χ0v) is 69.0. The van der Waals surface area contributed by atoms with Gasteiger partial charge in [-0.2, -0.15) is 0 Å². The Bertz CT molecular complexity index is 2710. The fourth-order valence-corrected chi connectivity index (χ4v) is 12.0. The highest BCUT2D eigenvalue weighted by atomic mass is 31.2. The lowest BCUT2D eigenvalue weighted by molar-refractivity contribution is -0.161. The molecule has 3 N–H and O–H groups in total. The quantitative estimate of drug-likeness (QED) is 0.0169. The Labute approximate surface area is 654 Å². The minimum Gasteiger partial charge on any atom is -0.462 e. The Hall–Kier alpha value is -5.58. The van der Waals surface area contributed by atoms with Gasteiger partial charge < -0.3 is 33.8 Å². The first-order chi connectivity index (χ1) is 52.7. The molecule has 0 bridgehead atoms. The lowest BCUT2D eigenvalue weighted by Crippen LogP contribution is -2.30. The summed E-state index contributed by atoms with van der Waals surface area (Å²) in [4.78, 5) is 73.1. The van der Waals surface area contributed by atoms with Crippen molar-refractivity contribution in [3.05, 3.63) is 170 Å². The molecule has 0 fully saturated rings. The molecule has 0 saturated heterocycles.